The third-order valence-electron chi connectivity index (χ3n) is 3.09. The highest BCUT2D eigenvalue weighted by molar-refractivity contribution is 6.18. The second-order valence-corrected chi connectivity index (χ2v) is 4.87. The van der Waals surface area contributed by atoms with Crippen LogP contribution in [-0.2, 0) is 0 Å². The Kier molecular flexibility index (Phi) is 3.88. The largest absolute Gasteiger partial charge is 0.492 e. The first kappa shape index (κ1) is 13.6. The smallest absolute Gasteiger partial charge is 0.259 e. The molecule has 0 aliphatic carbocycles. The van der Waals surface area contributed by atoms with Crippen LogP contribution in [0, 0.1) is 0 Å². The molecule has 1 N–H and O–H groups in total. The van der Waals surface area contributed by atoms with Gasteiger partial charge in [-0.3, -0.25) is 4.79 Å². The Hall–Kier alpha value is -2.33. The zero-order valence-corrected chi connectivity index (χ0v) is 11.9. The van der Waals surface area contributed by atoms with Gasteiger partial charge in [0.15, 0.2) is 0 Å². The van der Waals surface area contributed by atoms with E-state index in [1.165, 1.54) is 0 Å². The normalized spacial score (nSPS) is 10.7. The molecule has 0 bridgehead atoms. The van der Waals surface area contributed by atoms with Gasteiger partial charge < -0.3 is 9.72 Å². The minimum Gasteiger partial charge on any atom is -0.492 e. The van der Waals surface area contributed by atoms with Crippen LogP contribution in [0.4, 0.5) is 0 Å². The molecule has 0 saturated heterocycles. The highest BCUT2D eigenvalue weighted by atomic mass is 35.5. The minimum atomic E-state index is -0.141. The van der Waals surface area contributed by atoms with Crippen LogP contribution < -0.4 is 10.3 Å². The molecule has 3 aromatic rings. The number of alkyl halides is 1. The summed E-state index contributed by atoms with van der Waals surface area (Å²) < 4.78 is 5.42. The highest BCUT2D eigenvalue weighted by Crippen LogP contribution is 2.20. The Morgan fingerprint density at radius 1 is 1.10 bits per heavy atom. The number of hydrogen-bond acceptors (Lipinski definition) is 3. The van der Waals surface area contributed by atoms with Crippen LogP contribution >= 0.6 is 11.6 Å². The van der Waals surface area contributed by atoms with Crippen molar-refractivity contribution in [3.63, 3.8) is 0 Å². The summed E-state index contributed by atoms with van der Waals surface area (Å²) in [6, 6.07) is 14.6. The van der Waals surface area contributed by atoms with Crippen molar-refractivity contribution in [1.29, 1.82) is 0 Å². The Bertz CT molecular complexity index is 812. The average Bonchev–Trinajstić information content (AvgIpc) is 2.53. The number of ether oxygens (including phenoxy) is 1. The number of nitrogens with zero attached hydrogens (tertiary/aromatic N) is 1. The lowest BCUT2D eigenvalue weighted by molar-refractivity contribution is 0.343. The van der Waals surface area contributed by atoms with Gasteiger partial charge in [-0.2, -0.15) is 0 Å². The molecule has 0 saturated carbocycles. The second-order valence-electron chi connectivity index (χ2n) is 4.49. The van der Waals surface area contributed by atoms with Gasteiger partial charge in [-0.15, -0.1) is 11.6 Å². The topological polar surface area (TPSA) is 55.0 Å². The van der Waals surface area contributed by atoms with E-state index < -0.39 is 0 Å². The number of rotatable bonds is 4. The highest BCUT2D eigenvalue weighted by Gasteiger charge is 2.05. The number of nitrogens with one attached hydrogen (secondary N) is 1. The SMILES string of the molecule is O=c1[nH]c(-c2ccc(OCCCl)cc2)nc2ccccc12. The number of aromatic amines is 1. The van der Waals surface area contributed by atoms with Crippen LogP contribution in [0.1, 0.15) is 0 Å². The van der Waals surface area contributed by atoms with E-state index in [4.69, 9.17) is 16.3 Å². The lowest BCUT2D eigenvalue weighted by atomic mass is 10.2. The fraction of sp³-hybridized carbons (Fsp3) is 0.125. The average molecular weight is 301 g/mol. The van der Waals surface area contributed by atoms with Crippen molar-refractivity contribution in [1.82, 2.24) is 9.97 Å². The molecule has 0 spiro atoms. The molecule has 0 amide bonds. The lowest BCUT2D eigenvalue weighted by Crippen LogP contribution is -2.09. The van der Waals surface area contributed by atoms with Gasteiger partial charge >= 0.3 is 0 Å². The molecule has 0 unspecified atom stereocenters. The molecule has 1 aromatic heterocycles. The Labute approximate surface area is 126 Å². The maximum absolute atomic E-state index is 12.0. The van der Waals surface area contributed by atoms with E-state index in [-0.39, 0.29) is 5.56 Å². The fourth-order valence-corrected chi connectivity index (χ4v) is 2.17. The van der Waals surface area contributed by atoms with Gasteiger partial charge in [-0.25, -0.2) is 4.98 Å². The van der Waals surface area contributed by atoms with E-state index >= 15 is 0 Å². The Morgan fingerprint density at radius 2 is 1.86 bits per heavy atom. The fourth-order valence-electron chi connectivity index (χ4n) is 2.09. The van der Waals surface area contributed by atoms with Gasteiger partial charge in [0.2, 0.25) is 0 Å². The van der Waals surface area contributed by atoms with E-state index in [0.717, 1.165) is 11.3 Å². The summed E-state index contributed by atoms with van der Waals surface area (Å²) in [5.74, 6) is 1.73. The summed E-state index contributed by atoms with van der Waals surface area (Å²) in [7, 11) is 0. The minimum absolute atomic E-state index is 0.141. The summed E-state index contributed by atoms with van der Waals surface area (Å²) in [6.45, 7) is 0.464. The van der Waals surface area contributed by atoms with Crippen molar-refractivity contribution in [2.75, 3.05) is 12.5 Å². The zero-order valence-electron chi connectivity index (χ0n) is 11.2. The van der Waals surface area contributed by atoms with Crippen LogP contribution in [0.3, 0.4) is 0 Å². The van der Waals surface area contributed by atoms with Crippen molar-refractivity contribution in [3.8, 4) is 17.1 Å². The van der Waals surface area contributed by atoms with Gasteiger partial charge in [0, 0.05) is 5.56 Å². The molecule has 106 valence electrons. The summed E-state index contributed by atoms with van der Waals surface area (Å²) in [6.07, 6.45) is 0. The van der Waals surface area contributed by atoms with E-state index in [0.29, 0.717) is 29.2 Å². The molecule has 21 heavy (non-hydrogen) atoms. The molecule has 4 nitrogen and oxygen atoms in total. The molecule has 1 heterocycles. The van der Waals surface area contributed by atoms with E-state index in [1.807, 2.05) is 42.5 Å². The molecule has 0 aliphatic rings. The van der Waals surface area contributed by atoms with Gasteiger partial charge in [-0.05, 0) is 36.4 Å². The first-order valence-electron chi connectivity index (χ1n) is 6.56. The number of fused-ring (bicyclic) bond motifs is 1. The van der Waals surface area contributed by atoms with Crippen molar-refractivity contribution in [2.45, 2.75) is 0 Å². The number of para-hydroxylation sites is 1. The van der Waals surface area contributed by atoms with Crippen molar-refractivity contribution in [3.05, 3.63) is 58.9 Å². The quantitative estimate of drug-likeness (QED) is 0.753. The molecule has 5 heteroatoms. The lowest BCUT2D eigenvalue weighted by Gasteiger charge is -2.06. The van der Waals surface area contributed by atoms with E-state index in [2.05, 4.69) is 9.97 Å². The first-order valence-corrected chi connectivity index (χ1v) is 7.09. The van der Waals surface area contributed by atoms with Gasteiger partial charge in [0.25, 0.3) is 5.56 Å². The Morgan fingerprint density at radius 3 is 2.62 bits per heavy atom. The number of hydrogen-bond donors (Lipinski definition) is 1. The van der Waals surface area contributed by atoms with Crippen molar-refractivity contribution < 1.29 is 4.74 Å². The number of halogens is 1. The van der Waals surface area contributed by atoms with Crippen LogP contribution in [0.2, 0.25) is 0 Å². The molecule has 3 rings (SSSR count). The monoisotopic (exact) mass is 300 g/mol. The molecule has 2 aromatic carbocycles. The molecular formula is C16H13ClN2O2. The molecular weight excluding hydrogens is 288 g/mol. The van der Waals surface area contributed by atoms with Gasteiger partial charge in [0.1, 0.15) is 18.2 Å². The Balaban J connectivity index is 1.98. The van der Waals surface area contributed by atoms with E-state index in [1.54, 1.807) is 6.07 Å². The first-order chi connectivity index (χ1) is 10.3. The summed E-state index contributed by atoms with van der Waals surface area (Å²) in [5.41, 5.74) is 1.37. The van der Waals surface area contributed by atoms with Crippen LogP contribution in [0.15, 0.2) is 53.3 Å². The molecule has 0 atom stereocenters. The van der Waals surface area contributed by atoms with Crippen LogP contribution in [0.25, 0.3) is 22.3 Å². The summed E-state index contributed by atoms with van der Waals surface area (Å²) >= 11 is 5.58. The summed E-state index contributed by atoms with van der Waals surface area (Å²) in [5, 5.41) is 0.586. The molecule has 0 fully saturated rings. The maximum Gasteiger partial charge on any atom is 0.259 e. The van der Waals surface area contributed by atoms with Crippen LogP contribution in [0.5, 0.6) is 5.75 Å². The van der Waals surface area contributed by atoms with Gasteiger partial charge in [-0.1, -0.05) is 12.1 Å². The number of aromatic nitrogens is 2. The number of benzene rings is 2. The van der Waals surface area contributed by atoms with Crippen molar-refractivity contribution >= 4 is 22.5 Å². The van der Waals surface area contributed by atoms with Crippen LogP contribution in [-0.4, -0.2) is 22.5 Å². The molecule has 0 aliphatic heterocycles. The standard InChI is InChI=1S/C16H13ClN2O2/c17-9-10-21-12-7-5-11(6-8-12)15-18-14-4-2-1-3-13(14)16(20)19-15/h1-8H,9-10H2,(H,18,19,20). The summed E-state index contributed by atoms with van der Waals surface area (Å²) in [4.78, 5) is 19.3. The zero-order chi connectivity index (χ0) is 14.7. The number of H-pyrrole nitrogens is 1. The molecule has 0 radical (unpaired) electrons. The predicted molar refractivity (Wildman–Crippen MR) is 84.0 cm³/mol. The van der Waals surface area contributed by atoms with E-state index in [9.17, 15) is 4.79 Å². The van der Waals surface area contributed by atoms with Crippen molar-refractivity contribution in [2.24, 2.45) is 0 Å². The maximum atomic E-state index is 12.0. The van der Waals surface area contributed by atoms with Gasteiger partial charge in [0.05, 0.1) is 16.8 Å². The third kappa shape index (κ3) is 2.90. The second kappa shape index (κ2) is 5.97. The third-order valence-corrected chi connectivity index (χ3v) is 3.24. The predicted octanol–water partition coefficient (Wildman–Crippen LogP) is 3.21.